The van der Waals surface area contributed by atoms with Crippen LogP contribution in [0.3, 0.4) is 0 Å². The summed E-state index contributed by atoms with van der Waals surface area (Å²) in [5, 5.41) is 57.5. The molecule has 0 radical (unpaired) electrons. The summed E-state index contributed by atoms with van der Waals surface area (Å²) in [6.45, 7) is 15.8. The van der Waals surface area contributed by atoms with Crippen LogP contribution in [0, 0.1) is 67.3 Å². The molecule has 0 bridgehead atoms. The summed E-state index contributed by atoms with van der Waals surface area (Å²) in [6, 6.07) is 23.6. The summed E-state index contributed by atoms with van der Waals surface area (Å²) < 4.78 is 86.0. The number of methoxy groups -OCH3 is 4. The van der Waals surface area contributed by atoms with Gasteiger partial charge < -0.3 is 72.3 Å². The first-order valence-corrected chi connectivity index (χ1v) is 27.7. The number of carbonyl (C=O) groups excluding carboxylic acids is 1. The fourth-order valence-electron chi connectivity index (χ4n) is 8.87. The number of hydrogen-bond donors (Lipinski definition) is 6. The first kappa shape index (κ1) is 77.0. The molecule has 0 amide bonds. The van der Waals surface area contributed by atoms with E-state index in [0.717, 1.165) is 35.7 Å². The van der Waals surface area contributed by atoms with Gasteiger partial charge in [-0.25, -0.2) is 37.2 Å². The maximum atomic E-state index is 14.3. The summed E-state index contributed by atoms with van der Waals surface area (Å²) >= 11 is 0.566. The van der Waals surface area contributed by atoms with Crippen LogP contribution in [0.1, 0.15) is 48.6 Å². The molecule has 4 heterocycles. The van der Waals surface area contributed by atoms with Crippen LogP contribution in [0.4, 0.5) is 80.8 Å². The quantitative estimate of drug-likeness (QED) is 0.00508. The van der Waals surface area contributed by atoms with Crippen molar-refractivity contribution in [2.75, 3.05) is 68.2 Å². The van der Waals surface area contributed by atoms with Crippen LogP contribution in [-0.2, 0) is 22.8 Å². The Morgan fingerprint density at radius 2 is 1.17 bits per heavy atom. The number of rotatable bonds is 20. The number of ether oxygens (including phenoxy) is 6. The Balaban J connectivity index is 0.000000325. The van der Waals surface area contributed by atoms with Crippen molar-refractivity contribution in [3.63, 3.8) is 0 Å². The third kappa shape index (κ3) is 21.1. The van der Waals surface area contributed by atoms with E-state index in [-0.39, 0.29) is 175 Å². The fourth-order valence-corrected chi connectivity index (χ4v) is 9.32. The van der Waals surface area contributed by atoms with Crippen molar-refractivity contribution in [3.05, 3.63) is 198 Å². The van der Waals surface area contributed by atoms with Crippen molar-refractivity contribution in [2.45, 2.75) is 43.0 Å². The van der Waals surface area contributed by atoms with E-state index in [4.69, 9.17) is 62.6 Å². The van der Waals surface area contributed by atoms with Gasteiger partial charge in [0.25, 0.3) is 6.47 Å². The van der Waals surface area contributed by atoms with Crippen molar-refractivity contribution < 1.29 is 175 Å². The number of carbonyl (C=O) groups is 1. The molecular formula is C60H53F4K2N15O13S. The molecule has 28 nitrogen and oxygen atoms in total. The molecule has 0 spiro atoms. The predicted molar refractivity (Wildman–Crippen MR) is 329 cm³/mol. The Kier molecular flexibility index (Phi) is 30.8. The van der Waals surface area contributed by atoms with Gasteiger partial charge in [0.05, 0.1) is 93.4 Å². The number of benzene rings is 6. The molecule has 0 saturated heterocycles. The molecule has 95 heavy (non-hydrogen) atoms. The molecule has 0 saturated carbocycles. The smallest absolute Gasteiger partial charge is 1.00 e. The van der Waals surface area contributed by atoms with Crippen molar-refractivity contribution in [3.8, 4) is 39.9 Å². The molecule has 6 aromatic carbocycles. The largest absolute Gasteiger partial charge is 1.00 e. The van der Waals surface area contributed by atoms with E-state index in [1.807, 2.05) is 18.2 Å². The van der Waals surface area contributed by atoms with Gasteiger partial charge in [-0.2, -0.15) is 15.2 Å². The predicted octanol–water partition coefficient (Wildman–Crippen LogP) is 5.71. The molecule has 35 heteroatoms. The SMILES string of the molecule is NC1CCOc2c(F)cc(F)cc21.O=CO[O-].[C-]#[N+]c1ccc(NCc2ccc(OC)cc2OC)c(Nc2ncc([N+](=O)[O-])c(NC3CCOc4c(F)cc(F)cc43)n2)c1.[C-]#[N+]c1ccc(NCc2ccc(OC)cc2OC)c(Nc2ncc([N+](=O)[O-])c(SC#N)n2)c1.[H-].[K+].[K+]. The number of hydrogen-bond acceptors (Lipinski definition) is 25. The normalized spacial score (nSPS) is 12.7. The van der Waals surface area contributed by atoms with Crippen LogP contribution in [-0.4, -0.2) is 77.9 Å². The summed E-state index contributed by atoms with van der Waals surface area (Å²) in [6.07, 6.45) is 2.92. The van der Waals surface area contributed by atoms with Crippen molar-refractivity contribution in [2.24, 2.45) is 5.73 Å². The van der Waals surface area contributed by atoms with Crippen LogP contribution in [0.2, 0.25) is 0 Å². The molecule has 0 fully saturated rings. The molecule has 0 aliphatic carbocycles. The van der Waals surface area contributed by atoms with Gasteiger partial charge in [-0.15, -0.1) is 0 Å². The maximum Gasteiger partial charge on any atom is 1.00 e. The monoisotopic (exact) mass is 1380 g/mol. The average molecular weight is 1380 g/mol. The minimum absolute atomic E-state index is 0. The molecule has 7 N–H and O–H groups in total. The molecule has 482 valence electrons. The maximum absolute atomic E-state index is 14.3. The number of anilines is 7. The second-order valence-corrected chi connectivity index (χ2v) is 19.7. The number of nitrogens with zero attached hydrogens (tertiary/aromatic N) is 9. The Bertz CT molecular complexity index is 4190. The number of fused-ring (bicyclic) bond motifs is 2. The summed E-state index contributed by atoms with van der Waals surface area (Å²) in [7, 11) is 6.26. The van der Waals surface area contributed by atoms with E-state index in [1.54, 1.807) is 88.4 Å². The molecule has 8 aromatic rings. The molecule has 2 aromatic heterocycles. The van der Waals surface area contributed by atoms with E-state index >= 15 is 0 Å². The zero-order valence-corrected chi connectivity index (χ0v) is 58.3. The number of nitro groups is 2. The van der Waals surface area contributed by atoms with Crippen LogP contribution in [0.5, 0.6) is 34.5 Å². The molecular weight excluding hydrogens is 1330 g/mol. The van der Waals surface area contributed by atoms with Gasteiger partial charge in [0.1, 0.15) is 52.4 Å². The fraction of sp³-hybridized carbons (Fsp3) is 0.200. The second kappa shape index (κ2) is 38.0. The Morgan fingerprint density at radius 1 is 0.695 bits per heavy atom. The van der Waals surface area contributed by atoms with Crippen molar-refractivity contribution in [1.29, 1.82) is 5.26 Å². The van der Waals surface area contributed by atoms with Crippen LogP contribution >= 0.6 is 11.8 Å². The van der Waals surface area contributed by atoms with Crippen LogP contribution in [0.15, 0.2) is 114 Å². The Morgan fingerprint density at radius 3 is 1.63 bits per heavy atom. The van der Waals surface area contributed by atoms with Crippen LogP contribution < -0.4 is 169 Å². The van der Waals surface area contributed by atoms with Crippen LogP contribution in [0.25, 0.3) is 9.69 Å². The molecule has 10 rings (SSSR count). The van der Waals surface area contributed by atoms with E-state index in [2.05, 4.69) is 61.1 Å². The van der Waals surface area contributed by atoms with E-state index in [9.17, 15) is 37.8 Å². The molecule has 2 aliphatic heterocycles. The van der Waals surface area contributed by atoms with Gasteiger partial charge in [0.2, 0.25) is 17.7 Å². The van der Waals surface area contributed by atoms with Gasteiger partial charge >= 0.3 is 114 Å². The number of nitrogens with two attached hydrogens (primary N) is 1. The number of thiocyanates is 1. The van der Waals surface area contributed by atoms with E-state index in [1.165, 1.54) is 6.07 Å². The molecule has 2 unspecified atom stereocenters. The second-order valence-electron chi connectivity index (χ2n) is 18.9. The molecule has 2 aliphatic rings. The Labute approximate surface area is 629 Å². The third-order valence-electron chi connectivity index (χ3n) is 13.3. The first-order valence-electron chi connectivity index (χ1n) is 26.9. The van der Waals surface area contributed by atoms with Gasteiger partial charge in [-0.1, -0.05) is 12.1 Å². The van der Waals surface area contributed by atoms with Gasteiger partial charge in [0, 0.05) is 90.3 Å². The first-order chi connectivity index (χ1) is 44.9. The van der Waals surface area contributed by atoms with E-state index in [0.29, 0.717) is 107 Å². The summed E-state index contributed by atoms with van der Waals surface area (Å²) in [5.74, 6) is -0.554. The average Bonchev–Trinajstić information content (AvgIpc) is 0.807. The third-order valence-corrected chi connectivity index (χ3v) is 13.8. The number of nitriles is 1. The number of aromatic nitrogens is 4. The topological polar surface area (TPSA) is 361 Å². The van der Waals surface area contributed by atoms with Gasteiger partial charge in [-0.3, -0.25) is 25.0 Å². The van der Waals surface area contributed by atoms with E-state index < -0.39 is 44.8 Å². The van der Waals surface area contributed by atoms with Gasteiger partial charge in [0.15, 0.2) is 39.5 Å². The number of nitrogens with one attached hydrogen (secondary N) is 5. The van der Waals surface area contributed by atoms with Gasteiger partial charge in [-0.05, 0) is 60.7 Å². The Hall–Kier alpha value is -8.72. The number of halogens is 4. The summed E-state index contributed by atoms with van der Waals surface area (Å²) in [5.41, 5.74) is 10.0. The zero-order chi connectivity index (χ0) is 67.1. The minimum atomic E-state index is -0.868. The van der Waals surface area contributed by atoms with Crippen molar-refractivity contribution >= 4 is 81.4 Å². The molecule has 2 atom stereocenters. The summed E-state index contributed by atoms with van der Waals surface area (Å²) in [4.78, 5) is 56.2. The van der Waals surface area contributed by atoms with Crippen molar-refractivity contribution in [1.82, 2.24) is 19.9 Å². The minimum Gasteiger partial charge on any atom is -1.00 e. The number of thioether (sulfide) groups is 1. The standard InChI is InChI=1S/C29H25F2N7O5.C21H17N7O4S.C9H9F2NO.CH2O3.2K.H/c1-32-18-5-7-23(33-14-16-4-6-19(41-2)13-26(16)42-3)24(12-18)36-29-34-15-25(38(39)40)28(37-29)35-22-8-9-43-27-20(22)10-17(30)11-21(27)31;1-23-14-5-7-16(24-10-13-4-6-15(31-2)9-19(13)32-3)17(8-14)26-21-25-11-18(28(29)30)20(27-21)33-12-22;10-5-3-6-8(12)1-2-13-9(6)7(11)4-5;2-1-4-3;;;/h4-7,10-13,15,22,33H,8-9,14H2,2-3H3,(H2,34,35,36,37);4-9,11,24H,10H2,2-3H3,(H,25,26,27);3-4,8H,1-2,12H2;1,3H;;;/q;;;;2*+1;-1/p-1. The zero-order valence-electron chi connectivity index (χ0n) is 52.2.